The molecule has 0 amide bonds. The molecule has 1 N–H and O–H groups in total. The van der Waals surface area contributed by atoms with Gasteiger partial charge in [-0.1, -0.05) is 18.2 Å². The van der Waals surface area contributed by atoms with Gasteiger partial charge in [-0.05, 0) is 29.3 Å². The molecule has 0 bridgehead atoms. The summed E-state index contributed by atoms with van der Waals surface area (Å²) in [6, 6.07) is 8.84. The molecule has 2 aromatic rings. The van der Waals surface area contributed by atoms with Gasteiger partial charge in [0.25, 0.3) is 0 Å². The number of halogens is 3. The molecule has 0 saturated carbocycles. The van der Waals surface area contributed by atoms with Crippen LogP contribution in [0.25, 0.3) is 0 Å². The Kier molecular flexibility index (Phi) is 5.51. The molecule has 118 valence electrons. The number of pyridine rings is 1. The van der Waals surface area contributed by atoms with Crippen LogP contribution in [0.5, 0.6) is 0 Å². The molecule has 0 aliphatic heterocycles. The lowest BCUT2D eigenvalue weighted by atomic mass is 10.1. The predicted octanol–water partition coefficient (Wildman–Crippen LogP) is 3.09. The van der Waals surface area contributed by atoms with E-state index in [4.69, 9.17) is 5.11 Å². The van der Waals surface area contributed by atoms with Crippen LogP contribution in [0.15, 0.2) is 48.8 Å². The van der Waals surface area contributed by atoms with Crippen LogP contribution in [0.3, 0.4) is 0 Å². The molecule has 0 saturated heterocycles. The van der Waals surface area contributed by atoms with Crippen molar-refractivity contribution in [2.75, 3.05) is 13.2 Å². The highest BCUT2D eigenvalue weighted by Gasteiger charge is 2.29. The highest BCUT2D eigenvalue weighted by Crippen LogP contribution is 2.29. The Morgan fingerprint density at radius 3 is 2.23 bits per heavy atom. The maximum absolute atomic E-state index is 12.5. The van der Waals surface area contributed by atoms with Gasteiger partial charge in [-0.2, -0.15) is 13.2 Å². The number of aromatic nitrogens is 1. The monoisotopic (exact) mass is 310 g/mol. The van der Waals surface area contributed by atoms with Crippen molar-refractivity contribution in [3.8, 4) is 0 Å². The van der Waals surface area contributed by atoms with Crippen LogP contribution in [0.1, 0.15) is 16.7 Å². The lowest BCUT2D eigenvalue weighted by molar-refractivity contribution is -0.137. The molecule has 0 aliphatic carbocycles. The van der Waals surface area contributed by atoms with E-state index in [9.17, 15) is 13.2 Å². The zero-order valence-corrected chi connectivity index (χ0v) is 11.9. The van der Waals surface area contributed by atoms with Gasteiger partial charge in [0.2, 0.25) is 0 Å². The van der Waals surface area contributed by atoms with Crippen molar-refractivity contribution >= 4 is 0 Å². The number of rotatable bonds is 6. The highest BCUT2D eigenvalue weighted by molar-refractivity contribution is 5.24. The van der Waals surface area contributed by atoms with Crippen LogP contribution in [0, 0.1) is 0 Å². The first kappa shape index (κ1) is 16.5. The Morgan fingerprint density at radius 1 is 1.00 bits per heavy atom. The van der Waals surface area contributed by atoms with Gasteiger partial charge in [-0.25, -0.2) is 0 Å². The van der Waals surface area contributed by atoms with E-state index in [1.807, 2.05) is 17.0 Å². The maximum atomic E-state index is 12.5. The van der Waals surface area contributed by atoms with Gasteiger partial charge in [-0.3, -0.25) is 9.88 Å². The van der Waals surface area contributed by atoms with E-state index in [0.29, 0.717) is 19.6 Å². The second-order valence-corrected chi connectivity index (χ2v) is 4.99. The maximum Gasteiger partial charge on any atom is 0.416 e. The van der Waals surface area contributed by atoms with Gasteiger partial charge in [0, 0.05) is 32.0 Å². The number of benzene rings is 1. The zero-order chi connectivity index (χ0) is 16.0. The SMILES string of the molecule is OCCN(Cc1ccc(C(F)(F)F)cc1)Cc1cccnc1. The fourth-order valence-electron chi connectivity index (χ4n) is 2.16. The van der Waals surface area contributed by atoms with Crippen molar-refractivity contribution in [2.24, 2.45) is 0 Å². The molecular weight excluding hydrogens is 293 g/mol. The van der Waals surface area contributed by atoms with Crippen LogP contribution in [-0.2, 0) is 19.3 Å². The first-order valence-corrected chi connectivity index (χ1v) is 6.87. The van der Waals surface area contributed by atoms with E-state index in [2.05, 4.69) is 4.98 Å². The third kappa shape index (κ3) is 4.82. The number of nitrogens with zero attached hydrogens (tertiary/aromatic N) is 2. The number of aliphatic hydroxyl groups excluding tert-OH is 1. The first-order valence-electron chi connectivity index (χ1n) is 6.87. The quantitative estimate of drug-likeness (QED) is 0.891. The fraction of sp³-hybridized carbons (Fsp3) is 0.312. The summed E-state index contributed by atoms with van der Waals surface area (Å²) in [5, 5.41) is 9.14. The van der Waals surface area contributed by atoms with Gasteiger partial charge in [0.1, 0.15) is 0 Å². The predicted molar refractivity (Wildman–Crippen MR) is 76.9 cm³/mol. The van der Waals surface area contributed by atoms with Gasteiger partial charge in [0.05, 0.1) is 12.2 Å². The van der Waals surface area contributed by atoms with Gasteiger partial charge < -0.3 is 5.11 Å². The molecule has 3 nitrogen and oxygen atoms in total. The molecule has 0 spiro atoms. The van der Waals surface area contributed by atoms with Crippen LogP contribution in [0.4, 0.5) is 13.2 Å². The number of hydrogen-bond acceptors (Lipinski definition) is 3. The summed E-state index contributed by atoms with van der Waals surface area (Å²) in [5.74, 6) is 0. The van der Waals surface area contributed by atoms with Crippen molar-refractivity contribution in [3.05, 3.63) is 65.5 Å². The molecule has 2 rings (SSSR count). The number of alkyl halides is 3. The Balaban J connectivity index is 2.04. The second kappa shape index (κ2) is 7.38. The average molecular weight is 310 g/mol. The molecular formula is C16H17F3N2O. The summed E-state index contributed by atoms with van der Waals surface area (Å²) in [6.45, 7) is 1.47. The minimum Gasteiger partial charge on any atom is -0.395 e. The largest absolute Gasteiger partial charge is 0.416 e. The third-order valence-corrected chi connectivity index (χ3v) is 3.23. The normalized spacial score (nSPS) is 11.9. The van der Waals surface area contributed by atoms with Crippen molar-refractivity contribution < 1.29 is 18.3 Å². The molecule has 0 unspecified atom stereocenters. The third-order valence-electron chi connectivity index (χ3n) is 3.23. The first-order chi connectivity index (χ1) is 10.5. The van der Waals surface area contributed by atoms with Gasteiger partial charge in [-0.15, -0.1) is 0 Å². The average Bonchev–Trinajstić information content (AvgIpc) is 2.48. The molecule has 0 radical (unpaired) electrons. The molecule has 6 heteroatoms. The summed E-state index contributed by atoms with van der Waals surface area (Å²) >= 11 is 0. The second-order valence-electron chi connectivity index (χ2n) is 4.99. The van der Waals surface area contributed by atoms with Crippen molar-refractivity contribution in [2.45, 2.75) is 19.3 Å². The van der Waals surface area contributed by atoms with Gasteiger partial charge in [0.15, 0.2) is 0 Å². The highest BCUT2D eigenvalue weighted by atomic mass is 19.4. The summed E-state index contributed by atoms with van der Waals surface area (Å²) in [6.07, 6.45) is -0.911. The standard InChI is InChI=1S/C16H17F3N2O/c17-16(18,19)15-5-3-13(4-6-15)11-21(8-9-22)12-14-2-1-7-20-10-14/h1-7,10,22H,8-9,11-12H2. The molecule has 1 aromatic heterocycles. The summed E-state index contributed by atoms with van der Waals surface area (Å²) in [4.78, 5) is 5.99. The Labute approximate surface area is 127 Å². The lowest BCUT2D eigenvalue weighted by Gasteiger charge is -2.21. The van der Waals surface area contributed by atoms with E-state index in [-0.39, 0.29) is 6.61 Å². The Bertz CT molecular complexity index is 570. The Hall–Kier alpha value is -1.92. The lowest BCUT2D eigenvalue weighted by Crippen LogP contribution is -2.26. The fourth-order valence-corrected chi connectivity index (χ4v) is 2.16. The van der Waals surface area contributed by atoms with Crippen molar-refractivity contribution in [3.63, 3.8) is 0 Å². The smallest absolute Gasteiger partial charge is 0.395 e. The van der Waals surface area contributed by atoms with Crippen LogP contribution in [-0.4, -0.2) is 28.1 Å². The van der Waals surface area contributed by atoms with Crippen LogP contribution in [0.2, 0.25) is 0 Å². The van der Waals surface area contributed by atoms with E-state index in [0.717, 1.165) is 23.3 Å². The van der Waals surface area contributed by atoms with Gasteiger partial charge >= 0.3 is 6.18 Å². The molecule has 0 atom stereocenters. The van der Waals surface area contributed by atoms with E-state index < -0.39 is 11.7 Å². The van der Waals surface area contributed by atoms with E-state index in [1.54, 1.807) is 12.4 Å². The Morgan fingerprint density at radius 2 is 1.68 bits per heavy atom. The zero-order valence-electron chi connectivity index (χ0n) is 11.9. The summed E-state index contributed by atoms with van der Waals surface area (Å²) in [7, 11) is 0. The molecule has 1 heterocycles. The van der Waals surface area contributed by atoms with Crippen LogP contribution < -0.4 is 0 Å². The van der Waals surface area contributed by atoms with Crippen molar-refractivity contribution in [1.82, 2.24) is 9.88 Å². The molecule has 1 aromatic carbocycles. The number of hydrogen-bond donors (Lipinski definition) is 1. The van der Waals surface area contributed by atoms with E-state index in [1.165, 1.54) is 12.1 Å². The number of aliphatic hydroxyl groups is 1. The van der Waals surface area contributed by atoms with Crippen molar-refractivity contribution in [1.29, 1.82) is 0 Å². The molecule has 0 aliphatic rings. The summed E-state index contributed by atoms with van der Waals surface area (Å²) < 4.78 is 37.6. The topological polar surface area (TPSA) is 36.4 Å². The molecule has 0 fully saturated rings. The minimum atomic E-state index is -4.32. The summed E-state index contributed by atoms with van der Waals surface area (Å²) in [5.41, 5.74) is 1.10. The molecule has 22 heavy (non-hydrogen) atoms. The van der Waals surface area contributed by atoms with E-state index >= 15 is 0 Å². The van der Waals surface area contributed by atoms with Crippen LogP contribution >= 0.6 is 0 Å². The minimum absolute atomic E-state index is 0.0130.